The van der Waals surface area contributed by atoms with Crippen molar-refractivity contribution in [3.8, 4) is 0 Å². The van der Waals surface area contributed by atoms with Crippen molar-refractivity contribution < 1.29 is 38.0 Å². The first-order valence-corrected chi connectivity index (χ1v) is 11.4. The van der Waals surface area contributed by atoms with Crippen LogP contribution in [-0.2, 0) is 4.74 Å². The van der Waals surface area contributed by atoms with Gasteiger partial charge in [-0.15, -0.1) is 0 Å². The second kappa shape index (κ2) is 9.67. The molecule has 3 nitrogen and oxygen atoms in total. The van der Waals surface area contributed by atoms with E-state index in [1.807, 2.05) is 18.2 Å². The van der Waals surface area contributed by atoms with Crippen molar-refractivity contribution in [2.24, 2.45) is 0 Å². The topological polar surface area (TPSA) is 26.3 Å². The van der Waals surface area contributed by atoms with Crippen LogP contribution in [0.4, 0.5) is 0 Å². The number of ether oxygens (including phenoxy) is 1. The SMILES string of the molecule is C[N+](C)(CCC[Si](C)(C)C)CCOC(=O)c1ccccc1.[I-]. The van der Waals surface area contributed by atoms with Crippen LogP contribution in [0.3, 0.4) is 0 Å². The Morgan fingerprint density at radius 1 is 1.09 bits per heavy atom. The molecule has 1 rings (SSSR count). The maximum Gasteiger partial charge on any atom is 0.338 e. The van der Waals surface area contributed by atoms with Gasteiger partial charge in [-0.25, -0.2) is 4.79 Å². The fraction of sp³-hybridized carbons (Fsp3) is 0.588. The van der Waals surface area contributed by atoms with Gasteiger partial charge in [0, 0.05) is 8.07 Å². The zero-order valence-electron chi connectivity index (χ0n) is 14.6. The van der Waals surface area contributed by atoms with Crippen molar-refractivity contribution in [3.05, 3.63) is 35.9 Å². The van der Waals surface area contributed by atoms with Crippen LogP contribution in [0.25, 0.3) is 0 Å². The van der Waals surface area contributed by atoms with Crippen LogP contribution in [0, 0.1) is 0 Å². The number of rotatable bonds is 8. The molecule has 126 valence electrons. The summed E-state index contributed by atoms with van der Waals surface area (Å²) < 4.78 is 6.27. The largest absolute Gasteiger partial charge is 1.00 e. The van der Waals surface area contributed by atoms with Gasteiger partial charge in [-0.1, -0.05) is 43.9 Å². The quantitative estimate of drug-likeness (QED) is 0.260. The summed E-state index contributed by atoms with van der Waals surface area (Å²) in [5.41, 5.74) is 0.626. The average molecular weight is 435 g/mol. The van der Waals surface area contributed by atoms with E-state index in [0.717, 1.165) is 17.6 Å². The number of carbonyl (C=O) groups is 1. The van der Waals surface area contributed by atoms with Gasteiger partial charge in [-0.2, -0.15) is 0 Å². The molecule has 0 atom stereocenters. The first-order valence-electron chi connectivity index (χ1n) is 7.74. The van der Waals surface area contributed by atoms with Gasteiger partial charge in [0.25, 0.3) is 0 Å². The Balaban J connectivity index is 0.00000441. The van der Waals surface area contributed by atoms with E-state index in [-0.39, 0.29) is 29.9 Å². The number of halogens is 1. The summed E-state index contributed by atoms with van der Waals surface area (Å²) in [5, 5.41) is 0. The number of quaternary nitrogens is 1. The fourth-order valence-corrected chi connectivity index (χ4v) is 3.41. The molecule has 0 aromatic heterocycles. The molecule has 0 aliphatic rings. The molecule has 0 unspecified atom stereocenters. The van der Waals surface area contributed by atoms with Crippen molar-refractivity contribution in [3.63, 3.8) is 0 Å². The molecule has 0 N–H and O–H groups in total. The molecule has 0 spiro atoms. The molecule has 0 saturated carbocycles. The summed E-state index contributed by atoms with van der Waals surface area (Å²) in [6.07, 6.45) is 1.26. The second-order valence-corrected chi connectivity index (χ2v) is 13.2. The summed E-state index contributed by atoms with van der Waals surface area (Å²) >= 11 is 0. The normalized spacial score (nSPS) is 11.7. The molecule has 0 heterocycles. The number of hydrogen-bond acceptors (Lipinski definition) is 2. The lowest BCUT2D eigenvalue weighted by molar-refractivity contribution is -0.890. The Labute approximate surface area is 153 Å². The standard InChI is InChI=1S/C17H30NO2Si.HI/c1-18(2,12-9-15-21(3,4)5)13-14-20-17(19)16-10-7-6-8-11-16;/h6-8,10-11H,9,12-15H2,1-5H3;1H/q+1;/p-1. The highest BCUT2D eigenvalue weighted by atomic mass is 127. The summed E-state index contributed by atoms with van der Waals surface area (Å²) in [6, 6.07) is 10.5. The Morgan fingerprint density at radius 2 is 1.68 bits per heavy atom. The number of hydrogen-bond donors (Lipinski definition) is 0. The Morgan fingerprint density at radius 3 is 2.23 bits per heavy atom. The Hall–Kier alpha value is -0.403. The molecule has 0 fully saturated rings. The van der Waals surface area contributed by atoms with Crippen LogP contribution < -0.4 is 24.0 Å². The molecule has 22 heavy (non-hydrogen) atoms. The molecule has 0 aliphatic carbocycles. The van der Waals surface area contributed by atoms with Gasteiger partial charge in [-0.3, -0.25) is 0 Å². The zero-order chi connectivity index (χ0) is 15.9. The van der Waals surface area contributed by atoms with Gasteiger partial charge in [0.2, 0.25) is 0 Å². The minimum Gasteiger partial charge on any atom is -1.00 e. The Kier molecular flexibility index (Phi) is 9.50. The van der Waals surface area contributed by atoms with Crippen LogP contribution >= 0.6 is 0 Å². The van der Waals surface area contributed by atoms with Crippen LogP contribution in [-0.4, -0.2) is 52.3 Å². The summed E-state index contributed by atoms with van der Waals surface area (Å²) in [7, 11) is 3.47. The number of benzene rings is 1. The molecular formula is C17H30INO2Si. The monoisotopic (exact) mass is 435 g/mol. The third kappa shape index (κ3) is 9.58. The maximum atomic E-state index is 11.9. The predicted octanol–water partition coefficient (Wildman–Crippen LogP) is 0.652. The minimum absolute atomic E-state index is 0. The molecule has 5 heteroatoms. The molecule has 0 amide bonds. The molecule has 0 saturated heterocycles. The zero-order valence-corrected chi connectivity index (χ0v) is 17.7. The van der Waals surface area contributed by atoms with Crippen molar-refractivity contribution in [2.45, 2.75) is 32.1 Å². The highest BCUT2D eigenvalue weighted by Gasteiger charge is 2.19. The third-order valence-electron chi connectivity index (χ3n) is 3.63. The lowest BCUT2D eigenvalue weighted by Gasteiger charge is -2.30. The minimum atomic E-state index is -0.946. The van der Waals surface area contributed by atoms with Crippen LogP contribution in [0.1, 0.15) is 16.8 Å². The molecule has 1 aromatic rings. The fourth-order valence-electron chi connectivity index (χ4n) is 2.19. The van der Waals surface area contributed by atoms with Crippen molar-refractivity contribution >= 4 is 14.0 Å². The molecule has 1 aromatic carbocycles. The number of esters is 1. The van der Waals surface area contributed by atoms with Crippen LogP contribution in [0.5, 0.6) is 0 Å². The van der Waals surface area contributed by atoms with E-state index in [2.05, 4.69) is 33.7 Å². The lowest BCUT2D eigenvalue weighted by Crippen LogP contribution is -3.00. The maximum absolute atomic E-state index is 11.9. The van der Waals surface area contributed by atoms with E-state index < -0.39 is 8.07 Å². The number of nitrogens with zero attached hydrogens (tertiary/aromatic N) is 1. The Bertz CT molecular complexity index is 444. The summed E-state index contributed by atoms with van der Waals surface area (Å²) in [4.78, 5) is 11.9. The van der Waals surface area contributed by atoms with Crippen molar-refractivity contribution in [1.82, 2.24) is 0 Å². The first kappa shape index (κ1) is 21.6. The van der Waals surface area contributed by atoms with Crippen molar-refractivity contribution in [1.29, 1.82) is 0 Å². The smallest absolute Gasteiger partial charge is 0.338 e. The first-order chi connectivity index (χ1) is 9.70. The van der Waals surface area contributed by atoms with Gasteiger partial charge >= 0.3 is 5.97 Å². The lowest BCUT2D eigenvalue weighted by atomic mass is 10.2. The van der Waals surface area contributed by atoms with Gasteiger partial charge in [0.05, 0.1) is 26.2 Å². The van der Waals surface area contributed by atoms with E-state index in [9.17, 15) is 4.79 Å². The van der Waals surface area contributed by atoms with Gasteiger partial charge in [0.15, 0.2) is 0 Å². The van der Waals surface area contributed by atoms with E-state index in [1.54, 1.807) is 12.1 Å². The van der Waals surface area contributed by atoms with E-state index in [1.165, 1.54) is 12.5 Å². The number of carbonyl (C=O) groups excluding carboxylic acids is 1. The summed E-state index contributed by atoms with van der Waals surface area (Å²) in [5.74, 6) is -0.224. The molecule has 0 aliphatic heterocycles. The second-order valence-electron chi connectivity index (χ2n) is 7.55. The van der Waals surface area contributed by atoms with E-state index in [4.69, 9.17) is 4.74 Å². The van der Waals surface area contributed by atoms with E-state index in [0.29, 0.717) is 12.2 Å². The third-order valence-corrected chi connectivity index (χ3v) is 5.48. The predicted molar refractivity (Wildman–Crippen MR) is 91.3 cm³/mol. The average Bonchev–Trinajstić information content (AvgIpc) is 2.37. The number of likely N-dealkylation sites (N-methyl/N-ethyl adjacent to an activating group) is 1. The van der Waals surface area contributed by atoms with E-state index >= 15 is 0 Å². The van der Waals surface area contributed by atoms with Gasteiger partial charge in [0.1, 0.15) is 13.2 Å². The van der Waals surface area contributed by atoms with Crippen LogP contribution in [0.15, 0.2) is 30.3 Å². The molecular weight excluding hydrogens is 405 g/mol. The molecule has 0 bridgehead atoms. The summed E-state index contributed by atoms with van der Waals surface area (Å²) in [6.45, 7) is 9.73. The van der Waals surface area contributed by atoms with Crippen LogP contribution in [0.2, 0.25) is 25.7 Å². The highest BCUT2D eigenvalue weighted by Crippen LogP contribution is 2.13. The highest BCUT2D eigenvalue weighted by molar-refractivity contribution is 6.76. The molecule has 0 radical (unpaired) electrons. The van der Waals surface area contributed by atoms with Crippen molar-refractivity contribution in [2.75, 3.05) is 33.8 Å². The van der Waals surface area contributed by atoms with Gasteiger partial charge < -0.3 is 33.2 Å². The van der Waals surface area contributed by atoms with Gasteiger partial charge in [-0.05, 0) is 18.6 Å².